The van der Waals surface area contributed by atoms with Crippen LogP contribution in [0.3, 0.4) is 0 Å². The van der Waals surface area contributed by atoms with Crippen LogP contribution in [0.4, 0.5) is 0 Å². The van der Waals surface area contributed by atoms with Gasteiger partial charge in [0.15, 0.2) is 5.17 Å². The van der Waals surface area contributed by atoms with Crippen LogP contribution in [0.25, 0.3) is 0 Å². The number of thioether (sulfide) groups is 1. The Morgan fingerprint density at radius 3 is 2.94 bits per heavy atom. The second kappa shape index (κ2) is 5.21. The maximum absolute atomic E-state index is 4.71. The van der Waals surface area contributed by atoms with Gasteiger partial charge in [-0.05, 0) is 19.8 Å². The third-order valence-corrected chi connectivity index (χ3v) is 6.00. The molecule has 2 heterocycles. The number of nitrogens with zero attached hydrogens (tertiary/aromatic N) is 2. The lowest BCUT2D eigenvalue weighted by atomic mass is 9.83. The lowest BCUT2D eigenvalue weighted by Gasteiger charge is -2.32. The Balaban J connectivity index is 1.63. The van der Waals surface area contributed by atoms with E-state index in [1.807, 2.05) is 17.3 Å². The van der Waals surface area contributed by atoms with Crippen LogP contribution in [0.2, 0.25) is 0 Å². The van der Waals surface area contributed by atoms with Gasteiger partial charge in [-0.1, -0.05) is 31.0 Å². The Kier molecular flexibility index (Phi) is 3.61. The minimum Gasteiger partial charge on any atom is -0.359 e. The van der Waals surface area contributed by atoms with Gasteiger partial charge in [-0.15, -0.1) is 11.3 Å². The number of thiazole rings is 1. The van der Waals surface area contributed by atoms with Crippen molar-refractivity contribution < 1.29 is 0 Å². The Bertz CT molecular complexity index is 447. The van der Waals surface area contributed by atoms with Crippen molar-refractivity contribution in [2.24, 2.45) is 4.99 Å². The van der Waals surface area contributed by atoms with Gasteiger partial charge in [0, 0.05) is 16.2 Å². The van der Waals surface area contributed by atoms with Gasteiger partial charge in [0.1, 0.15) is 0 Å². The number of amidine groups is 1. The summed E-state index contributed by atoms with van der Waals surface area (Å²) in [5.74, 6) is 1.20. The van der Waals surface area contributed by atoms with Gasteiger partial charge in [-0.2, -0.15) is 0 Å². The van der Waals surface area contributed by atoms with Crippen LogP contribution in [0.1, 0.15) is 42.7 Å². The van der Waals surface area contributed by atoms with Crippen LogP contribution in [-0.4, -0.2) is 21.4 Å². The summed E-state index contributed by atoms with van der Waals surface area (Å²) in [6, 6.07) is 0. The van der Waals surface area contributed by atoms with Crippen molar-refractivity contribution in [3.63, 3.8) is 0 Å². The van der Waals surface area contributed by atoms with E-state index in [0.717, 1.165) is 17.4 Å². The summed E-state index contributed by atoms with van der Waals surface area (Å²) in [4.78, 5) is 10.3. The summed E-state index contributed by atoms with van der Waals surface area (Å²) >= 11 is 3.60. The number of hydrogen-bond acceptors (Lipinski definition) is 4. The van der Waals surface area contributed by atoms with E-state index in [1.54, 1.807) is 11.3 Å². The van der Waals surface area contributed by atoms with Crippen LogP contribution in [0.15, 0.2) is 10.5 Å². The van der Waals surface area contributed by atoms with Gasteiger partial charge < -0.3 is 5.32 Å². The zero-order valence-electron chi connectivity index (χ0n) is 10.7. The van der Waals surface area contributed by atoms with E-state index in [2.05, 4.69) is 17.2 Å². The summed E-state index contributed by atoms with van der Waals surface area (Å²) in [5, 5.41) is 4.83. The fraction of sp³-hybridized carbons (Fsp3) is 0.692. The molecule has 3 nitrogen and oxygen atoms in total. The number of aromatic nitrogens is 1. The van der Waals surface area contributed by atoms with Crippen LogP contribution in [0.5, 0.6) is 0 Å². The van der Waals surface area contributed by atoms with Crippen molar-refractivity contribution in [3.8, 4) is 0 Å². The van der Waals surface area contributed by atoms with E-state index in [9.17, 15) is 0 Å². The van der Waals surface area contributed by atoms with Crippen molar-refractivity contribution in [2.45, 2.75) is 51.1 Å². The second-order valence-corrected chi connectivity index (χ2v) is 7.14. The molecule has 1 N–H and O–H groups in total. The molecule has 5 heteroatoms. The van der Waals surface area contributed by atoms with E-state index < -0.39 is 0 Å². The fourth-order valence-electron chi connectivity index (χ4n) is 2.71. The van der Waals surface area contributed by atoms with Crippen molar-refractivity contribution in [3.05, 3.63) is 16.1 Å². The van der Waals surface area contributed by atoms with Crippen molar-refractivity contribution >= 4 is 28.3 Å². The Hall–Kier alpha value is -0.550. The first-order valence-electron chi connectivity index (χ1n) is 6.62. The second-order valence-electron chi connectivity index (χ2n) is 5.24. The molecule has 1 aromatic rings. The highest BCUT2D eigenvalue weighted by Gasteiger charge is 2.37. The van der Waals surface area contributed by atoms with E-state index >= 15 is 0 Å². The summed E-state index contributed by atoms with van der Waals surface area (Å²) in [6.07, 6.45) is 6.78. The molecular weight excluding hydrogens is 262 g/mol. The zero-order chi connectivity index (χ0) is 12.4. The molecule has 98 valence electrons. The predicted octanol–water partition coefficient (Wildman–Crippen LogP) is 3.35. The number of aryl methyl sites for hydroxylation is 1. The number of hydrogen-bond donors (Lipinski definition) is 1. The number of aliphatic imine (C=N–C) groups is 1. The quantitative estimate of drug-likeness (QED) is 0.903. The molecule has 1 aromatic heterocycles. The molecule has 0 atom stereocenters. The van der Waals surface area contributed by atoms with E-state index in [4.69, 9.17) is 4.99 Å². The molecule has 0 radical (unpaired) electrons. The van der Waals surface area contributed by atoms with Crippen LogP contribution in [-0.2, 0) is 6.54 Å². The van der Waals surface area contributed by atoms with E-state index in [-0.39, 0.29) is 0 Å². The molecule has 2 aliphatic rings. The molecule has 0 bridgehead atoms. The molecular formula is C13H19N3S2. The van der Waals surface area contributed by atoms with Crippen molar-refractivity contribution in [2.75, 3.05) is 5.75 Å². The van der Waals surface area contributed by atoms with Gasteiger partial charge in [-0.3, -0.25) is 4.99 Å². The third-order valence-electron chi connectivity index (χ3n) is 3.88. The average Bonchev–Trinajstić information content (AvgIpc) is 2.96. The third kappa shape index (κ3) is 2.57. The monoisotopic (exact) mass is 281 g/mol. The maximum atomic E-state index is 4.71. The topological polar surface area (TPSA) is 37.3 Å². The van der Waals surface area contributed by atoms with Gasteiger partial charge >= 0.3 is 0 Å². The standard InChI is InChI=1S/C13H19N3S2/c1-10-11(18-9-15-10)7-14-12-16-13(8-17-12)5-3-2-4-6-13/h9H,2-8H2,1H3,(H,14,16). The van der Waals surface area contributed by atoms with Crippen LogP contribution in [0, 0.1) is 6.92 Å². The molecule has 0 amide bonds. The fourth-order valence-corrected chi connectivity index (χ4v) is 4.63. The molecule has 1 saturated heterocycles. The Morgan fingerprint density at radius 1 is 1.39 bits per heavy atom. The van der Waals surface area contributed by atoms with Crippen molar-refractivity contribution in [1.29, 1.82) is 0 Å². The molecule has 3 rings (SSSR count). The molecule has 2 fully saturated rings. The summed E-state index contributed by atoms with van der Waals surface area (Å²) in [7, 11) is 0. The minimum absolute atomic E-state index is 0.366. The van der Waals surface area contributed by atoms with Gasteiger partial charge in [0.2, 0.25) is 0 Å². The first kappa shape index (κ1) is 12.5. The molecule has 1 aliphatic heterocycles. The molecule has 0 unspecified atom stereocenters. The van der Waals surface area contributed by atoms with Gasteiger partial charge in [-0.25, -0.2) is 4.98 Å². The highest BCUT2D eigenvalue weighted by molar-refractivity contribution is 8.14. The minimum atomic E-state index is 0.366. The molecule has 18 heavy (non-hydrogen) atoms. The summed E-state index contributed by atoms with van der Waals surface area (Å²) in [5.41, 5.74) is 3.40. The highest BCUT2D eigenvalue weighted by atomic mass is 32.2. The molecule has 1 saturated carbocycles. The van der Waals surface area contributed by atoms with Crippen molar-refractivity contribution in [1.82, 2.24) is 10.3 Å². The van der Waals surface area contributed by atoms with E-state index in [1.165, 1.54) is 42.7 Å². The number of nitrogens with one attached hydrogen (secondary N) is 1. The first-order chi connectivity index (χ1) is 8.77. The van der Waals surface area contributed by atoms with Gasteiger partial charge in [0.05, 0.1) is 17.7 Å². The van der Waals surface area contributed by atoms with Crippen LogP contribution >= 0.6 is 23.1 Å². The van der Waals surface area contributed by atoms with Crippen LogP contribution < -0.4 is 5.32 Å². The average molecular weight is 281 g/mol. The largest absolute Gasteiger partial charge is 0.359 e. The zero-order valence-corrected chi connectivity index (χ0v) is 12.4. The molecule has 1 spiro atoms. The summed E-state index contributed by atoms with van der Waals surface area (Å²) in [6.45, 7) is 2.84. The Labute approximate surface area is 116 Å². The molecule has 0 aromatic carbocycles. The SMILES string of the molecule is Cc1ncsc1CN=C1NC2(CCCCC2)CS1. The highest BCUT2D eigenvalue weighted by Crippen LogP contribution is 2.36. The van der Waals surface area contributed by atoms with Gasteiger partial charge in [0.25, 0.3) is 0 Å². The normalized spacial score (nSPS) is 24.6. The lowest BCUT2D eigenvalue weighted by molar-refractivity contribution is 0.303. The molecule has 1 aliphatic carbocycles. The summed E-state index contributed by atoms with van der Waals surface area (Å²) < 4.78 is 0. The number of rotatable bonds is 2. The maximum Gasteiger partial charge on any atom is 0.157 e. The predicted molar refractivity (Wildman–Crippen MR) is 79.4 cm³/mol. The van der Waals surface area contributed by atoms with E-state index in [0.29, 0.717) is 5.54 Å². The Morgan fingerprint density at radius 2 is 2.22 bits per heavy atom. The first-order valence-corrected chi connectivity index (χ1v) is 8.48. The lowest BCUT2D eigenvalue weighted by Crippen LogP contribution is -2.45. The smallest absolute Gasteiger partial charge is 0.157 e.